The van der Waals surface area contributed by atoms with Crippen molar-refractivity contribution >= 4 is 10.0 Å². The first-order valence-corrected chi connectivity index (χ1v) is 7.28. The minimum absolute atomic E-state index is 0.253. The van der Waals surface area contributed by atoms with Gasteiger partial charge >= 0.3 is 0 Å². The highest BCUT2D eigenvalue weighted by Crippen LogP contribution is 2.41. The van der Waals surface area contributed by atoms with Crippen molar-refractivity contribution in [3.63, 3.8) is 0 Å². The number of hydrogen-bond acceptors (Lipinski definition) is 3. The Morgan fingerprint density at radius 2 is 2.00 bits per heavy atom. The fourth-order valence-corrected chi connectivity index (χ4v) is 3.53. The van der Waals surface area contributed by atoms with E-state index in [1.54, 1.807) is 13.8 Å². The molecule has 106 valence electrons. The number of sulfonamides is 1. The first-order valence-electron chi connectivity index (χ1n) is 5.80. The molecule has 1 aromatic carbocycles. The van der Waals surface area contributed by atoms with Crippen molar-refractivity contribution in [1.29, 1.82) is 0 Å². The number of aliphatic hydroxyl groups is 1. The number of hydrogen-bond donors (Lipinski definition) is 2. The van der Waals surface area contributed by atoms with Gasteiger partial charge in [0.2, 0.25) is 10.0 Å². The van der Waals surface area contributed by atoms with Gasteiger partial charge in [-0.1, -0.05) is 13.8 Å². The zero-order chi connectivity index (χ0) is 14.4. The van der Waals surface area contributed by atoms with E-state index in [9.17, 15) is 22.3 Å². The predicted molar refractivity (Wildman–Crippen MR) is 64.9 cm³/mol. The molecule has 0 saturated heterocycles. The van der Waals surface area contributed by atoms with Crippen LogP contribution in [0.3, 0.4) is 0 Å². The van der Waals surface area contributed by atoms with Crippen LogP contribution in [0, 0.1) is 17.0 Å². The van der Waals surface area contributed by atoms with Crippen LogP contribution in [0.5, 0.6) is 0 Å². The molecule has 0 heterocycles. The Morgan fingerprint density at radius 1 is 1.37 bits per heavy atom. The molecule has 19 heavy (non-hydrogen) atoms. The fraction of sp³-hybridized carbons (Fsp3) is 0.500. The van der Waals surface area contributed by atoms with E-state index in [0.717, 1.165) is 12.1 Å². The summed E-state index contributed by atoms with van der Waals surface area (Å²) in [4.78, 5) is -0.718. The van der Waals surface area contributed by atoms with Crippen molar-refractivity contribution < 1.29 is 22.3 Å². The second kappa shape index (κ2) is 4.50. The third-order valence-electron chi connectivity index (χ3n) is 3.70. The molecule has 4 nitrogen and oxygen atoms in total. The van der Waals surface area contributed by atoms with E-state index >= 15 is 0 Å². The van der Waals surface area contributed by atoms with Crippen LogP contribution < -0.4 is 4.72 Å². The molecule has 7 heteroatoms. The molecule has 0 amide bonds. The molecule has 2 atom stereocenters. The minimum Gasteiger partial charge on any atom is -0.392 e. The molecule has 1 aliphatic carbocycles. The highest BCUT2D eigenvalue weighted by Gasteiger charge is 2.49. The first-order chi connectivity index (χ1) is 8.64. The lowest BCUT2D eigenvalue weighted by Gasteiger charge is -2.49. The lowest BCUT2D eigenvalue weighted by atomic mass is 9.65. The largest absolute Gasteiger partial charge is 0.392 e. The van der Waals surface area contributed by atoms with Crippen LogP contribution in [0.15, 0.2) is 23.1 Å². The highest BCUT2D eigenvalue weighted by molar-refractivity contribution is 7.89. The molecule has 0 spiro atoms. The summed E-state index contributed by atoms with van der Waals surface area (Å²) >= 11 is 0. The SMILES string of the molecule is CC1(C)C(O)CC1NS(=O)(=O)c1cc(F)ccc1F. The van der Waals surface area contributed by atoms with Crippen molar-refractivity contribution in [1.82, 2.24) is 4.72 Å². The lowest BCUT2D eigenvalue weighted by molar-refractivity contribution is -0.0645. The zero-order valence-corrected chi connectivity index (χ0v) is 11.3. The van der Waals surface area contributed by atoms with E-state index in [1.165, 1.54) is 0 Å². The van der Waals surface area contributed by atoms with E-state index in [1.807, 2.05) is 0 Å². The summed E-state index contributed by atoms with van der Waals surface area (Å²) in [5.41, 5.74) is -0.628. The number of halogens is 2. The summed E-state index contributed by atoms with van der Waals surface area (Å²) in [6.07, 6.45) is -0.360. The normalized spacial score (nSPS) is 25.9. The molecule has 2 unspecified atom stereocenters. The van der Waals surface area contributed by atoms with Gasteiger partial charge in [-0.25, -0.2) is 21.9 Å². The van der Waals surface area contributed by atoms with Gasteiger partial charge in [0, 0.05) is 11.5 Å². The van der Waals surface area contributed by atoms with E-state index in [0.29, 0.717) is 6.07 Å². The molecule has 1 saturated carbocycles. The van der Waals surface area contributed by atoms with Crippen molar-refractivity contribution in [2.75, 3.05) is 0 Å². The maximum absolute atomic E-state index is 13.5. The fourth-order valence-electron chi connectivity index (χ4n) is 2.04. The Morgan fingerprint density at radius 3 is 2.53 bits per heavy atom. The van der Waals surface area contributed by atoms with E-state index in [-0.39, 0.29) is 6.42 Å². The zero-order valence-electron chi connectivity index (χ0n) is 10.5. The van der Waals surface area contributed by atoms with Crippen molar-refractivity contribution in [2.24, 2.45) is 5.41 Å². The molecular weight excluding hydrogens is 276 g/mol. The third-order valence-corrected chi connectivity index (χ3v) is 5.18. The van der Waals surface area contributed by atoms with Crippen LogP contribution in [-0.2, 0) is 10.0 Å². The van der Waals surface area contributed by atoms with Gasteiger partial charge < -0.3 is 5.11 Å². The van der Waals surface area contributed by atoms with Crippen LogP contribution >= 0.6 is 0 Å². The van der Waals surface area contributed by atoms with Crippen molar-refractivity contribution in [2.45, 2.75) is 37.3 Å². The average Bonchev–Trinajstić information content (AvgIpc) is 2.31. The van der Waals surface area contributed by atoms with Gasteiger partial charge in [0.15, 0.2) is 0 Å². The quantitative estimate of drug-likeness (QED) is 0.884. The Balaban J connectivity index is 2.27. The van der Waals surface area contributed by atoms with Gasteiger partial charge in [0.25, 0.3) is 0 Å². The molecule has 0 bridgehead atoms. The molecule has 2 rings (SSSR count). The van der Waals surface area contributed by atoms with Crippen LogP contribution in [-0.4, -0.2) is 25.7 Å². The third kappa shape index (κ3) is 2.50. The molecule has 1 aliphatic rings. The number of nitrogens with one attached hydrogen (secondary N) is 1. The molecule has 1 fully saturated rings. The second-order valence-corrected chi connectivity index (χ2v) is 7.00. The minimum atomic E-state index is -4.14. The summed E-state index contributed by atoms with van der Waals surface area (Å²) < 4.78 is 52.8. The van der Waals surface area contributed by atoms with E-state index in [2.05, 4.69) is 4.72 Å². The summed E-state index contributed by atoms with van der Waals surface area (Å²) in [6, 6.07) is 1.76. The standard InChI is InChI=1S/C12H15F2NO3S/c1-12(2)10(6-11(12)16)15-19(17,18)9-5-7(13)3-4-8(9)14/h3-5,10-11,15-16H,6H2,1-2H3. The molecule has 2 N–H and O–H groups in total. The predicted octanol–water partition coefficient (Wildman–Crippen LogP) is 1.40. The van der Waals surface area contributed by atoms with Gasteiger partial charge in [0.05, 0.1) is 6.10 Å². The Kier molecular flexibility index (Phi) is 3.40. The maximum atomic E-state index is 13.5. The van der Waals surface area contributed by atoms with Gasteiger partial charge in [0.1, 0.15) is 16.5 Å². The number of benzene rings is 1. The van der Waals surface area contributed by atoms with Crippen LogP contribution in [0.4, 0.5) is 8.78 Å². The summed E-state index contributed by atoms with van der Waals surface area (Å²) in [5, 5.41) is 9.54. The maximum Gasteiger partial charge on any atom is 0.243 e. The lowest BCUT2D eigenvalue weighted by Crippen LogP contribution is -2.61. The summed E-state index contributed by atoms with van der Waals surface area (Å²) in [5.74, 6) is -1.83. The molecule has 0 radical (unpaired) electrons. The molecule has 1 aromatic rings. The van der Waals surface area contributed by atoms with Crippen molar-refractivity contribution in [3.05, 3.63) is 29.8 Å². The summed E-state index contributed by atoms with van der Waals surface area (Å²) in [6.45, 7) is 3.41. The van der Waals surface area contributed by atoms with Gasteiger partial charge in [-0.05, 0) is 24.6 Å². The topological polar surface area (TPSA) is 66.4 Å². The number of aliphatic hydroxyl groups excluding tert-OH is 1. The van der Waals surface area contributed by atoms with E-state index in [4.69, 9.17) is 0 Å². The van der Waals surface area contributed by atoms with Gasteiger partial charge in [-0.15, -0.1) is 0 Å². The molecule has 0 aromatic heterocycles. The van der Waals surface area contributed by atoms with Gasteiger partial charge in [-0.3, -0.25) is 0 Å². The van der Waals surface area contributed by atoms with Crippen LogP contribution in [0.1, 0.15) is 20.3 Å². The monoisotopic (exact) mass is 291 g/mol. The molecule has 0 aliphatic heterocycles. The van der Waals surface area contributed by atoms with Crippen LogP contribution in [0.25, 0.3) is 0 Å². The van der Waals surface area contributed by atoms with E-state index < -0.39 is 44.1 Å². The highest BCUT2D eigenvalue weighted by atomic mass is 32.2. The number of rotatable bonds is 3. The van der Waals surface area contributed by atoms with Crippen molar-refractivity contribution in [3.8, 4) is 0 Å². The first kappa shape index (κ1) is 14.4. The second-order valence-electron chi connectivity index (χ2n) is 5.32. The Labute approximate surface area is 110 Å². The average molecular weight is 291 g/mol. The Hall–Kier alpha value is -1.05. The summed E-state index contributed by atoms with van der Waals surface area (Å²) in [7, 11) is -4.14. The smallest absolute Gasteiger partial charge is 0.243 e. The van der Waals surface area contributed by atoms with Gasteiger partial charge in [-0.2, -0.15) is 0 Å². The Bertz CT molecular complexity index is 601. The molecular formula is C12H15F2NO3S. The van der Waals surface area contributed by atoms with Crippen LogP contribution in [0.2, 0.25) is 0 Å².